The topological polar surface area (TPSA) is 122 Å². The number of hydrogen-bond acceptors (Lipinski definition) is 9. The zero-order valence-electron chi connectivity index (χ0n) is 20.9. The number of rotatable bonds is 9. The molecule has 2 aliphatic rings. The first-order valence-corrected chi connectivity index (χ1v) is 16.9. The predicted molar refractivity (Wildman–Crippen MR) is 158 cm³/mol. The zero-order valence-corrected chi connectivity index (χ0v) is 24.2. The van der Waals surface area contributed by atoms with E-state index in [-0.39, 0.29) is 28.4 Å². The van der Waals surface area contributed by atoms with Crippen molar-refractivity contribution in [2.24, 2.45) is 0 Å². The Kier molecular flexibility index (Phi) is 8.82. The maximum absolute atomic E-state index is 13.2. The predicted octanol–water partition coefficient (Wildman–Crippen LogP) is 5.33. The highest BCUT2D eigenvalue weighted by Gasteiger charge is 2.30. The summed E-state index contributed by atoms with van der Waals surface area (Å²) < 4.78 is 28.8. The number of carbonyl (C=O) groups excluding carboxylic acids is 1. The van der Waals surface area contributed by atoms with Crippen LogP contribution in [0.25, 0.3) is 0 Å². The van der Waals surface area contributed by atoms with Gasteiger partial charge in [-0.05, 0) is 54.8 Å². The van der Waals surface area contributed by atoms with Crippen LogP contribution in [0.15, 0.2) is 64.9 Å². The molecule has 9 nitrogen and oxygen atoms in total. The molecule has 0 atom stereocenters. The SMILES string of the molecule is O=C(NCc1ccc(S(=O)(=O)N2CCC(Nc3ccc(C4SCCS4)cc3)CC2)s1)c1ccc([N+](=O)[O-])cc1. The number of sulfonamides is 1. The van der Waals surface area contributed by atoms with E-state index in [0.29, 0.717) is 28.1 Å². The molecule has 1 amide bonds. The number of anilines is 1. The number of piperidine rings is 1. The van der Waals surface area contributed by atoms with Crippen LogP contribution in [-0.2, 0) is 16.6 Å². The Morgan fingerprint density at radius 2 is 1.64 bits per heavy atom. The molecule has 2 N–H and O–H groups in total. The second kappa shape index (κ2) is 12.3. The van der Waals surface area contributed by atoms with Crippen LogP contribution >= 0.6 is 34.9 Å². The third-order valence-corrected chi connectivity index (χ3v) is 13.2. The summed E-state index contributed by atoms with van der Waals surface area (Å²) in [5, 5.41) is 17.1. The lowest BCUT2D eigenvalue weighted by atomic mass is 10.1. The molecule has 0 saturated carbocycles. The van der Waals surface area contributed by atoms with Crippen LogP contribution in [0, 0.1) is 10.1 Å². The third kappa shape index (κ3) is 6.77. The van der Waals surface area contributed by atoms with Crippen LogP contribution in [0.1, 0.15) is 38.2 Å². The number of thioether (sulfide) groups is 2. The number of nitro groups is 1. The third-order valence-electron chi connectivity index (χ3n) is 6.62. The van der Waals surface area contributed by atoms with Crippen molar-refractivity contribution in [1.29, 1.82) is 0 Å². The summed E-state index contributed by atoms with van der Waals surface area (Å²) in [6.45, 7) is 1.05. The van der Waals surface area contributed by atoms with E-state index in [1.54, 1.807) is 12.1 Å². The van der Waals surface area contributed by atoms with Gasteiger partial charge in [-0.3, -0.25) is 14.9 Å². The molecule has 206 valence electrons. The number of nitro benzene ring substituents is 1. The van der Waals surface area contributed by atoms with E-state index < -0.39 is 14.9 Å². The van der Waals surface area contributed by atoms with Crippen LogP contribution in [0.2, 0.25) is 0 Å². The van der Waals surface area contributed by atoms with E-state index in [2.05, 4.69) is 34.9 Å². The van der Waals surface area contributed by atoms with E-state index in [0.717, 1.165) is 29.9 Å². The van der Waals surface area contributed by atoms with Gasteiger partial charge in [0.15, 0.2) is 0 Å². The first kappa shape index (κ1) is 28.0. The van der Waals surface area contributed by atoms with Gasteiger partial charge < -0.3 is 10.6 Å². The molecule has 0 aliphatic carbocycles. The van der Waals surface area contributed by atoms with Crippen molar-refractivity contribution in [3.05, 3.63) is 86.8 Å². The minimum Gasteiger partial charge on any atom is -0.382 e. The fourth-order valence-corrected chi connectivity index (χ4v) is 10.3. The smallest absolute Gasteiger partial charge is 0.269 e. The molecule has 2 saturated heterocycles. The van der Waals surface area contributed by atoms with Gasteiger partial charge in [-0.1, -0.05) is 12.1 Å². The summed E-state index contributed by atoms with van der Waals surface area (Å²) in [6, 6.07) is 17.4. The molecule has 39 heavy (non-hydrogen) atoms. The first-order valence-electron chi connectivity index (χ1n) is 12.5. The number of nitrogens with one attached hydrogen (secondary N) is 2. The summed E-state index contributed by atoms with van der Waals surface area (Å²) in [7, 11) is -3.61. The van der Waals surface area contributed by atoms with Crippen molar-refractivity contribution in [1.82, 2.24) is 9.62 Å². The fraction of sp³-hybridized carbons (Fsp3) is 0.346. The Morgan fingerprint density at radius 3 is 2.28 bits per heavy atom. The van der Waals surface area contributed by atoms with Gasteiger partial charge >= 0.3 is 0 Å². The molecule has 1 aromatic heterocycles. The maximum Gasteiger partial charge on any atom is 0.269 e. The van der Waals surface area contributed by atoms with E-state index in [1.165, 1.54) is 45.6 Å². The highest BCUT2D eigenvalue weighted by molar-refractivity contribution is 8.19. The summed E-state index contributed by atoms with van der Waals surface area (Å²) in [5.41, 5.74) is 2.61. The standard InChI is InChI=1S/C26H28N4O5S4/c31-25(18-3-7-22(8-4-18)30(32)33)27-17-23-9-10-24(38-23)39(34,35)29-13-11-21(12-14-29)28-20-5-1-19(2-6-20)26-36-15-16-37-26/h1-10,21,26,28H,11-17H2,(H,27,31). The van der Waals surface area contributed by atoms with Gasteiger partial charge in [-0.25, -0.2) is 8.42 Å². The molecule has 5 rings (SSSR count). The number of nitrogens with zero attached hydrogens (tertiary/aromatic N) is 2. The second-order valence-corrected chi connectivity index (χ2v) is 15.3. The quantitative estimate of drug-likeness (QED) is 0.248. The molecule has 0 radical (unpaired) electrons. The van der Waals surface area contributed by atoms with Crippen molar-refractivity contribution in [2.45, 2.75) is 34.2 Å². The van der Waals surface area contributed by atoms with Gasteiger partial charge in [0, 0.05) is 58.9 Å². The molecule has 13 heteroatoms. The van der Waals surface area contributed by atoms with Crippen LogP contribution in [0.4, 0.5) is 11.4 Å². The van der Waals surface area contributed by atoms with Crippen molar-refractivity contribution in [3.63, 3.8) is 0 Å². The summed E-state index contributed by atoms with van der Waals surface area (Å²) in [6.07, 6.45) is 1.44. The van der Waals surface area contributed by atoms with Gasteiger partial charge in [0.25, 0.3) is 21.6 Å². The normalized spacial score (nSPS) is 17.2. The van der Waals surface area contributed by atoms with Crippen molar-refractivity contribution in [3.8, 4) is 0 Å². The number of hydrogen-bond donors (Lipinski definition) is 2. The molecule has 0 spiro atoms. The lowest BCUT2D eigenvalue weighted by molar-refractivity contribution is -0.384. The van der Waals surface area contributed by atoms with Gasteiger partial charge in [-0.2, -0.15) is 4.31 Å². The molecular formula is C26H28N4O5S4. The van der Waals surface area contributed by atoms with E-state index >= 15 is 0 Å². The Balaban J connectivity index is 1.11. The minimum atomic E-state index is -3.61. The summed E-state index contributed by atoms with van der Waals surface area (Å²) in [4.78, 5) is 23.3. The van der Waals surface area contributed by atoms with E-state index in [1.807, 2.05) is 23.5 Å². The molecule has 0 unspecified atom stereocenters. The maximum atomic E-state index is 13.2. The fourth-order valence-electron chi connectivity index (χ4n) is 4.49. The monoisotopic (exact) mass is 604 g/mol. The lowest BCUT2D eigenvalue weighted by Crippen LogP contribution is -2.42. The molecule has 2 aliphatic heterocycles. The number of thiophene rings is 1. The average molecular weight is 605 g/mol. The molecule has 2 fully saturated rings. The zero-order chi connectivity index (χ0) is 27.4. The Bertz CT molecular complexity index is 1410. The molecule has 3 heterocycles. The van der Waals surface area contributed by atoms with Crippen LogP contribution in [-0.4, -0.2) is 54.2 Å². The molecule has 0 bridgehead atoms. The van der Waals surface area contributed by atoms with Crippen molar-refractivity contribution < 1.29 is 18.1 Å². The van der Waals surface area contributed by atoms with E-state index in [9.17, 15) is 23.3 Å². The van der Waals surface area contributed by atoms with Gasteiger partial charge in [0.2, 0.25) is 0 Å². The minimum absolute atomic E-state index is 0.0915. The number of amides is 1. The average Bonchev–Trinajstić information content (AvgIpc) is 3.66. The number of carbonyl (C=O) groups is 1. The second-order valence-electron chi connectivity index (χ2n) is 9.23. The Morgan fingerprint density at radius 1 is 0.974 bits per heavy atom. The first-order chi connectivity index (χ1) is 18.8. The van der Waals surface area contributed by atoms with Crippen molar-refractivity contribution in [2.75, 3.05) is 29.9 Å². The van der Waals surface area contributed by atoms with Crippen LogP contribution in [0.3, 0.4) is 0 Å². The summed E-state index contributed by atoms with van der Waals surface area (Å²) in [5.74, 6) is 2.01. The van der Waals surface area contributed by atoms with Crippen LogP contribution in [0.5, 0.6) is 0 Å². The largest absolute Gasteiger partial charge is 0.382 e. The molecule has 2 aromatic carbocycles. The highest BCUT2D eigenvalue weighted by Crippen LogP contribution is 2.45. The van der Waals surface area contributed by atoms with Gasteiger partial charge in [0.05, 0.1) is 16.1 Å². The molecular weight excluding hydrogens is 577 g/mol. The Hall–Kier alpha value is -2.58. The van der Waals surface area contributed by atoms with Crippen molar-refractivity contribution >= 4 is 62.2 Å². The Labute approximate surface area is 240 Å². The summed E-state index contributed by atoms with van der Waals surface area (Å²) >= 11 is 5.11. The van der Waals surface area contributed by atoms with Crippen LogP contribution < -0.4 is 10.6 Å². The van der Waals surface area contributed by atoms with E-state index in [4.69, 9.17) is 0 Å². The lowest BCUT2D eigenvalue weighted by Gasteiger charge is -2.31. The van der Waals surface area contributed by atoms with Gasteiger partial charge in [-0.15, -0.1) is 34.9 Å². The number of non-ortho nitro benzene ring substituents is 1. The number of benzene rings is 2. The van der Waals surface area contributed by atoms with Gasteiger partial charge in [0.1, 0.15) is 4.21 Å². The highest BCUT2D eigenvalue weighted by atomic mass is 32.2. The molecule has 3 aromatic rings.